The van der Waals surface area contributed by atoms with Crippen molar-refractivity contribution in [2.45, 2.75) is 52.7 Å². The first-order valence-electron chi connectivity index (χ1n) is 13.5. The number of rotatable bonds is 12. The van der Waals surface area contributed by atoms with E-state index in [4.69, 9.17) is 11.6 Å². The highest BCUT2D eigenvalue weighted by Crippen LogP contribution is 2.27. The van der Waals surface area contributed by atoms with Gasteiger partial charge >= 0.3 is 10.2 Å². The number of nitrogens with one attached hydrogen (secondary N) is 1. The molecule has 0 aliphatic heterocycles. The van der Waals surface area contributed by atoms with Gasteiger partial charge < -0.3 is 10.2 Å². The largest absolute Gasteiger partial charge is 0.352 e. The molecule has 41 heavy (non-hydrogen) atoms. The average molecular weight is 599 g/mol. The minimum atomic E-state index is -4.07. The van der Waals surface area contributed by atoms with Crippen LogP contribution in [0, 0.1) is 13.8 Å². The molecule has 3 aromatic rings. The summed E-state index contributed by atoms with van der Waals surface area (Å²) in [5.41, 5.74) is 3.45. The quantitative estimate of drug-likeness (QED) is 0.326. The monoisotopic (exact) mass is 598 g/mol. The maximum absolute atomic E-state index is 14.3. The third-order valence-corrected chi connectivity index (χ3v) is 8.83. The van der Waals surface area contributed by atoms with Gasteiger partial charge in [-0.25, -0.2) is 4.31 Å². The molecule has 0 saturated carbocycles. The molecule has 0 bridgehead atoms. The third kappa shape index (κ3) is 8.31. The molecule has 0 aliphatic carbocycles. The molecule has 0 saturated heterocycles. The van der Waals surface area contributed by atoms with Crippen molar-refractivity contribution in [3.8, 4) is 0 Å². The van der Waals surface area contributed by atoms with Crippen LogP contribution >= 0.6 is 11.6 Å². The SMILES string of the molecule is Cc1ccc(C)c(N(CC(=O)N(Cc2ccccc2Cl)C(Cc2ccccc2)C(=O)NC(C)C)S(=O)(=O)N(C)C)c1. The average Bonchev–Trinajstić information content (AvgIpc) is 2.91. The molecule has 10 heteroatoms. The molecular weight excluding hydrogens is 560 g/mol. The molecule has 0 aromatic heterocycles. The first-order chi connectivity index (χ1) is 19.3. The van der Waals surface area contributed by atoms with Crippen molar-refractivity contribution in [1.29, 1.82) is 0 Å². The van der Waals surface area contributed by atoms with Gasteiger partial charge in [0.1, 0.15) is 12.6 Å². The number of hydrogen-bond acceptors (Lipinski definition) is 4. The molecule has 1 N–H and O–H groups in total. The Bertz CT molecular complexity index is 1460. The summed E-state index contributed by atoms with van der Waals surface area (Å²) in [5, 5.41) is 3.39. The van der Waals surface area contributed by atoms with Gasteiger partial charge in [0.2, 0.25) is 11.8 Å². The van der Waals surface area contributed by atoms with E-state index in [0.29, 0.717) is 21.8 Å². The lowest BCUT2D eigenvalue weighted by molar-refractivity contribution is -0.140. The predicted octanol–water partition coefficient (Wildman–Crippen LogP) is 4.73. The van der Waals surface area contributed by atoms with E-state index in [1.54, 1.807) is 31.2 Å². The van der Waals surface area contributed by atoms with E-state index in [1.807, 2.05) is 69.3 Å². The van der Waals surface area contributed by atoms with Crippen molar-refractivity contribution in [2.75, 3.05) is 24.9 Å². The number of benzene rings is 3. The molecule has 0 fully saturated rings. The Balaban J connectivity index is 2.14. The minimum absolute atomic E-state index is 0.0180. The molecule has 3 aromatic carbocycles. The Morgan fingerprint density at radius 3 is 2.17 bits per heavy atom. The number of halogens is 1. The van der Waals surface area contributed by atoms with Crippen LogP contribution in [-0.4, -0.2) is 62.2 Å². The van der Waals surface area contributed by atoms with Gasteiger partial charge in [0.15, 0.2) is 0 Å². The van der Waals surface area contributed by atoms with Crippen molar-refractivity contribution in [2.24, 2.45) is 0 Å². The molecule has 0 radical (unpaired) electrons. The molecule has 1 unspecified atom stereocenters. The Labute approximate surface area is 249 Å². The topological polar surface area (TPSA) is 90.0 Å². The molecule has 8 nitrogen and oxygen atoms in total. The van der Waals surface area contributed by atoms with Crippen LogP contribution in [-0.2, 0) is 32.8 Å². The zero-order valence-corrected chi connectivity index (χ0v) is 26.0. The van der Waals surface area contributed by atoms with Gasteiger partial charge in [-0.05, 0) is 62.1 Å². The second-order valence-corrected chi connectivity index (χ2v) is 13.0. The van der Waals surface area contributed by atoms with E-state index in [1.165, 1.54) is 19.0 Å². The molecule has 3 rings (SSSR count). The zero-order chi connectivity index (χ0) is 30.3. The van der Waals surface area contributed by atoms with Crippen LogP contribution in [0.5, 0.6) is 0 Å². The lowest BCUT2D eigenvalue weighted by atomic mass is 10.0. The fourth-order valence-corrected chi connectivity index (χ4v) is 5.74. The first-order valence-corrected chi connectivity index (χ1v) is 15.2. The summed E-state index contributed by atoms with van der Waals surface area (Å²) < 4.78 is 29.4. The Morgan fingerprint density at radius 1 is 0.927 bits per heavy atom. The lowest BCUT2D eigenvalue weighted by Gasteiger charge is -2.35. The summed E-state index contributed by atoms with van der Waals surface area (Å²) in [6.45, 7) is 6.88. The summed E-state index contributed by atoms with van der Waals surface area (Å²) >= 11 is 6.50. The fourth-order valence-electron chi connectivity index (χ4n) is 4.43. The first kappa shape index (κ1) is 32.1. The highest BCUT2D eigenvalue weighted by molar-refractivity contribution is 7.90. The standard InChI is InChI=1S/C31H39ClN4O4S/c1-22(2)33-31(38)29(19-25-12-8-7-9-13-25)35(20-26-14-10-11-15-27(26)32)30(37)21-36(41(39,40)34(5)6)28-18-23(3)16-17-24(28)4/h7-18,22,29H,19-21H2,1-6H3,(H,33,38). The third-order valence-electron chi connectivity index (χ3n) is 6.65. The highest BCUT2D eigenvalue weighted by atomic mass is 35.5. The van der Waals surface area contributed by atoms with Crippen LogP contribution in [0.2, 0.25) is 5.02 Å². The molecule has 0 spiro atoms. The van der Waals surface area contributed by atoms with Crippen LogP contribution in [0.3, 0.4) is 0 Å². The van der Waals surface area contributed by atoms with Crippen LogP contribution in [0.25, 0.3) is 0 Å². The summed E-state index contributed by atoms with van der Waals surface area (Å²) in [6.07, 6.45) is 0.236. The maximum atomic E-state index is 14.3. The summed E-state index contributed by atoms with van der Waals surface area (Å²) in [7, 11) is -1.22. The molecule has 0 aliphatic rings. The molecule has 0 heterocycles. The number of aryl methyl sites for hydroxylation is 2. The van der Waals surface area contributed by atoms with Crippen LogP contribution in [0.1, 0.15) is 36.1 Å². The van der Waals surface area contributed by atoms with E-state index in [-0.39, 0.29) is 24.9 Å². The number of nitrogens with zero attached hydrogens (tertiary/aromatic N) is 3. The number of anilines is 1. The number of carbonyl (C=O) groups is 2. The van der Waals surface area contributed by atoms with Crippen molar-refractivity contribution in [3.63, 3.8) is 0 Å². The van der Waals surface area contributed by atoms with Gasteiger partial charge in [-0.1, -0.05) is 72.3 Å². The summed E-state index contributed by atoms with van der Waals surface area (Å²) in [6, 6.07) is 20.9. The van der Waals surface area contributed by atoms with E-state index in [2.05, 4.69) is 5.32 Å². The zero-order valence-electron chi connectivity index (χ0n) is 24.5. The second kappa shape index (κ2) is 14.0. The summed E-state index contributed by atoms with van der Waals surface area (Å²) in [4.78, 5) is 29.4. The van der Waals surface area contributed by atoms with E-state index < -0.39 is 28.7 Å². The van der Waals surface area contributed by atoms with Gasteiger partial charge in [0, 0.05) is 38.1 Å². The van der Waals surface area contributed by atoms with E-state index in [9.17, 15) is 18.0 Å². The van der Waals surface area contributed by atoms with E-state index in [0.717, 1.165) is 19.7 Å². The number of amides is 2. The lowest BCUT2D eigenvalue weighted by Crippen LogP contribution is -2.55. The molecular formula is C31H39ClN4O4S. The predicted molar refractivity (Wildman–Crippen MR) is 165 cm³/mol. The summed E-state index contributed by atoms with van der Waals surface area (Å²) in [5.74, 6) is -0.867. The van der Waals surface area contributed by atoms with Crippen molar-refractivity contribution >= 4 is 39.3 Å². The molecule has 2 amide bonds. The highest BCUT2D eigenvalue weighted by Gasteiger charge is 2.35. The Kier molecular flexibility index (Phi) is 11.0. The van der Waals surface area contributed by atoms with Crippen molar-refractivity contribution in [3.05, 3.63) is 100 Å². The number of hydrogen-bond donors (Lipinski definition) is 1. The normalized spacial score (nSPS) is 12.3. The van der Waals surface area contributed by atoms with Crippen LogP contribution < -0.4 is 9.62 Å². The van der Waals surface area contributed by atoms with Crippen molar-refractivity contribution in [1.82, 2.24) is 14.5 Å². The second-order valence-electron chi connectivity index (χ2n) is 10.6. The molecule has 1 atom stereocenters. The fraction of sp³-hybridized carbons (Fsp3) is 0.355. The van der Waals surface area contributed by atoms with Gasteiger partial charge in [-0.3, -0.25) is 9.59 Å². The van der Waals surface area contributed by atoms with Crippen molar-refractivity contribution < 1.29 is 18.0 Å². The number of carbonyl (C=O) groups excluding carboxylic acids is 2. The van der Waals surface area contributed by atoms with E-state index >= 15 is 0 Å². The smallest absolute Gasteiger partial charge is 0.304 e. The van der Waals surface area contributed by atoms with Crippen LogP contribution in [0.15, 0.2) is 72.8 Å². The van der Waals surface area contributed by atoms with Crippen LogP contribution in [0.4, 0.5) is 5.69 Å². The van der Waals surface area contributed by atoms with Gasteiger partial charge in [-0.15, -0.1) is 0 Å². The van der Waals surface area contributed by atoms with Gasteiger partial charge in [-0.2, -0.15) is 12.7 Å². The maximum Gasteiger partial charge on any atom is 0.304 e. The Morgan fingerprint density at radius 2 is 1.56 bits per heavy atom. The molecule has 220 valence electrons. The Hall–Kier alpha value is -3.40. The minimum Gasteiger partial charge on any atom is -0.352 e. The van der Waals surface area contributed by atoms with Gasteiger partial charge in [0.25, 0.3) is 0 Å². The van der Waals surface area contributed by atoms with Gasteiger partial charge in [0.05, 0.1) is 5.69 Å².